The second-order valence-corrected chi connectivity index (χ2v) is 7.87. The van der Waals surface area contributed by atoms with Crippen molar-refractivity contribution in [2.75, 3.05) is 11.5 Å². The molecule has 7 heteroatoms. The summed E-state index contributed by atoms with van der Waals surface area (Å²) in [7, 11) is -3.04. The smallest absolute Gasteiger partial charge is 0.281 e. The van der Waals surface area contributed by atoms with E-state index in [1.165, 1.54) is 17.8 Å². The molecule has 0 aromatic heterocycles. The topological polar surface area (TPSA) is 63.2 Å². The van der Waals surface area contributed by atoms with Crippen LogP contribution in [-0.2, 0) is 9.84 Å². The van der Waals surface area contributed by atoms with Crippen LogP contribution >= 0.6 is 11.8 Å². The number of hydrogen-bond donors (Lipinski definition) is 1. The number of nitrogens with zero attached hydrogens (tertiary/aromatic N) is 1. The van der Waals surface area contributed by atoms with E-state index in [1.54, 1.807) is 22.8 Å². The lowest BCUT2D eigenvalue weighted by Crippen LogP contribution is -2.30. The lowest BCUT2D eigenvalue weighted by Gasteiger charge is -2.10. The Bertz CT molecular complexity index is 642. The average Bonchev–Trinajstić information content (AvgIpc) is 2.70. The summed E-state index contributed by atoms with van der Waals surface area (Å²) in [6.07, 6.45) is 0. The minimum atomic E-state index is -3.04. The maximum atomic E-state index is 13.8. The molecule has 2 aliphatic rings. The molecule has 3 rings (SSSR count). The minimum absolute atomic E-state index is 0.0414. The first kappa shape index (κ1) is 12.0. The second kappa shape index (κ2) is 3.96. The Morgan fingerprint density at radius 3 is 2.78 bits per heavy atom. The summed E-state index contributed by atoms with van der Waals surface area (Å²) < 4.78 is 38.7. The molecule has 1 saturated heterocycles. The molecule has 2 heterocycles. The molecule has 2 N–H and O–H groups in total. The first-order valence-electron chi connectivity index (χ1n) is 5.51. The van der Waals surface area contributed by atoms with Gasteiger partial charge in [0.25, 0.3) is 0 Å². The number of para-hydroxylation sites is 1. The van der Waals surface area contributed by atoms with E-state index in [0.29, 0.717) is 10.9 Å². The molecule has 2 unspecified atom stereocenters. The van der Waals surface area contributed by atoms with Crippen LogP contribution < -0.4 is 5.73 Å². The molecule has 0 spiro atoms. The first-order valence-corrected chi connectivity index (χ1v) is 8.21. The molecule has 0 bridgehead atoms. The second-order valence-electron chi connectivity index (χ2n) is 4.46. The third-order valence-corrected chi connectivity index (χ3v) is 6.37. The van der Waals surface area contributed by atoms with E-state index in [-0.39, 0.29) is 28.6 Å². The van der Waals surface area contributed by atoms with E-state index in [1.807, 2.05) is 0 Å². The van der Waals surface area contributed by atoms with Crippen LogP contribution in [0.4, 0.5) is 10.1 Å². The van der Waals surface area contributed by atoms with Gasteiger partial charge in [0, 0.05) is 0 Å². The van der Waals surface area contributed by atoms with Crippen molar-refractivity contribution in [2.45, 2.75) is 11.3 Å². The normalized spacial score (nSPS) is 29.6. The van der Waals surface area contributed by atoms with Crippen LogP contribution in [0.1, 0.15) is 0 Å². The van der Waals surface area contributed by atoms with Crippen LogP contribution in [-0.4, -0.2) is 41.0 Å². The molecule has 1 aromatic rings. The molecule has 0 saturated carbocycles. The molecule has 0 aliphatic carbocycles. The van der Waals surface area contributed by atoms with Crippen LogP contribution in [0.15, 0.2) is 24.3 Å². The molecule has 4 nitrogen and oxygen atoms in total. The number of halogens is 1. The molecule has 0 radical (unpaired) electrons. The van der Waals surface area contributed by atoms with Crippen molar-refractivity contribution < 1.29 is 17.4 Å². The fourth-order valence-electron chi connectivity index (χ4n) is 2.47. The largest absolute Gasteiger partial charge is 0.310 e. The van der Waals surface area contributed by atoms with Gasteiger partial charge in [0.1, 0.15) is 6.04 Å². The van der Waals surface area contributed by atoms with Crippen molar-refractivity contribution in [1.82, 2.24) is 0 Å². The Morgan fingerprint density at radius 1 is 1.33 bits per heavy atom. The van der Waals surface area contributed by atoms with Gasteiger partial charge in [-0.25, -0.2) is 17.4 Å². The van der Waals surface area contributed by atoms with Crippen molar-refractivity contribution >= 4 is 32.5 Å². The molecule has 0 amide bonds. The van der Waals surface area contributed by atoms with Crippen LogP contribution in [0.25, 0.3) is 0 Å². The quantitative estimate of drug-likeness (QED) is 0.772. The molecule has 2 aliphatic heterocycles. The zero-order chi connectivity index (χ0) is 12.9. The maximum Gasteiger partial charge on any atom is 0.310 e. The summed E-state index contributed by atoms with van der Waals surface area (Å²) in [5, 5.41) is 0.389. The van der Waals surface area contributed by atoms with Crippen molar-refractivity contribution in [2.24, 2.45) is 5.73 Å². The number of sulfone groups is 1. The lowest BCUT2D eigenvalue weighted by atomic mass is 10.2. The maximum absolute atomic E-state index is 13.8. The zero-order valence-corrected chi connectivity index (χ0v) is 11.0. The van der Waals surface area contributed by atoms with Gasteiger partial charge >= 0.3 is 5.17 Å². The van der Waals surface area contributed by atoms with Crippen molar-refractivity contribution in [3.8, 4) is 0 Å². The highest BCUT2D eigenvalue weighted by Crippen LogP contribution is 2.37. The van der Waals surface area contributed by atoms with Gasteiger partial charge < -0.3 is 0 Å². The van der Waals surface area contributed by atoms with Gasteiger partial charge in [0.15, 0.2) is 21.3 Å². The Kier molecular flexibility index (Phi) is 2.63. The van der Waals surface area contributed by atoms with Gasteiger partial charge in [-0.3, -0.25) is 5.73 Å². The van der Waals surface area contributed by atoms with Gasteiger partial charge in [0.2, 0.25) is 0 Å². The fraction of sp³-hybridized carbons (Fsp3) is 0.364. The zero-order valence-electron chi connectivity index (χ0n) is 9.41. The van der Waals surface area contributed by atoms with E-state index in [9.17, 15) is 12.8 Å². The number of amidine groups is 1. The number of benzene rings is 1. The third-order valence-electron chi connectivity index (χ3n) is 3.23. The van der Waals surface area contributed by atoms with Gasteiger partial charge in [-0.1, -0.05) is 12.1 Å². The Balaban J connectivity index is 2.07. The predicted molar refractivity (Wildman–Crippen MR) is 69.3 cm³/mol. The minimum Gasteiger partial charge on any atom is -0.281 e. The highest BCUT2D eigenvalue weighted by molar-refractivity contribution is 8.15. The molecule has 2 atom stereocenters. The van der Waals surface area contributed by atoms with E-state index in [2.05, 4.69) is 0 Å². The number of nitrogens with two attached hydrogens (primary N) is 1. The van der Waals surface area contributed by atoms with E-state index >= 15 is 0 Å². The van der Waals surface area contributed by atoms with Gasteiger partial charge in [-0.15, -0.1) is 0 Å². The monoisotopic (exact) mass is 287 g/mol. The molecular weight excluding hydrogens is 275 g/mol. The van der Waals surface area contributed by atoms with Crippen LogP contribution in [0.2, 0.25) is 0 Å². The Hall–Kier alpha value is -1.08. The van der Waals surface area contributed by atoms with E-state index in [0.717, 1.165) is 0 Å². The number of rotatable bonds is 1. The molecule has 18 heavy (non-hydrogen) atoms. The van der Waals surface area contributed by atoms with Crippen molar-refractivity contribution in [3.05, 3.63) is 30.1 Å². The number of fused-ring (bicyclic) bond motifs is 1. The standard InChI is InChI=1S/C11H11FN2O2S2/c12-7-3-1-2-4-8(7)14-9-5-18(15,16)6-10(9)17-11(14)13/h1-4,9-10,13H,5-6H2/p+1. The molecular formula is C11H12FN2O2S2+. The number of hydrogen-bond acceptors (Lipinski definition) is 4. The summed E-state index contributed by atoms with van der Waals surface area (Å²) in [5.41, 5.74) is 6.26. The van der Waals surface area contributed by atoms with Gasteiger partial charge in [0.05, 0.1) is 16.8 Å². The number of thioether (sulfide) groups is 1. The van der Waals surface area contributed by atoms with Gasteiger partial charge in [-0.2, -0.15) is 0 Å². The predicted octanol–water partition coefficient (Wildman–Crippen LogP) is 0.697. The average molecular weight is 287 g/mol. The van der Waals surface area contributed by atoms with Crippen LogP contribution in [0.3, 0.4) is 0 Å². The van der Waals surface area contributed by atoms with Gasteiger partial charge in [-0.05, 0) is 23.9 Å². The van der Waals surface area contributed by atoms with E-state index < -0.39 is 9.84 Å². The summed E-state index contributed by atoms with van der Waals surface area (Å²) in [6.45, 7) is 0. The summed E-state index contributed by atoms with van der Waals surface area (Å²) in [6, 6.07) is 6.03. The van der Waals surface area contributed by atoms with Crippen LogP contribution in [0.5, 0.6) is 0 Å². The molecule has 96 valence electrons. The lowest BCUT2D eigenvalue weighted by molar-refractivity contribution is -0.472. The molecule has 1 aromatic carbocycles. The summed E-state index contributed by atoms with van der Waals surface area (Å²) in [4.78, 5) is 0. The third kappa shape index (κ3) is 1.81. The van der Waals surface area contributed by atoms with E-state index in [4.69, 9.17) is 5.73 Å². The van der Waals surface area contributed by atoms with Crippen LogP contribution in [0, 0.1) is 5.82 Å². The SMILES string of the molecule is NC1=[N+](c2ccccc2F)C2CS(=O)(=O)CC2S1. The summed E-state index contributed by atoms with van der Waals surface area (Å²) in [5.74, 6) is -0.223. The Morgan fingerprint density at radius 2 is 2.06 bits per heavy atom. The van der Waals surface area contributed by atoms with Crippen molar-refractivity contribution in [1.29, 1.82) is 0 Å². The summed E-state index contributed by atoms with van der Waals surface area (Å²) >= 11 is 1.32. The Labute approximate surface area is 109 Å². The first-order chi connectivity index (χ1) is 8.48. The molecule has 1 fully saturated rings. The fourth-order valence-corrected chi connectivity index (χ4v) is 6.28. The highest BCUT2D eigenvalue weighted by atomic mass is 32.2. The highest BCUT2D eigenvalue weighted by Gasteiger charge is 2.50. The van der Waals surface area contributed by atoms with Crippen molar-refractivity contribution in [3.63, 3.8) is 0 Å².